The first kappa shape index (κ1) is 21.2. The summed E-state index contributed by atoms with van der Waals surface area (Å²) in [7, 11) is 0. The zero-order valence-electron chi connectivity index (χ0n) is 18.2. The van der Waals surface area contributed by atoms with E-state index in [-0.39, 0.29) is 24.0 Å². The van der Waals surface area contributed by atoms with Crippen LogP contribution in [0.15, 0.2) is 48.9 Å². The zero-order valence-corrected chi connectivity index (χ0v) is 19.0. The standard InChI is InChI=1S/C24H22ClN7O/c1-3-17-9-20(14(2)31(17)13-26)30-24(33)18-8-16-11-28-32(22(16)10-19(18)25)23-5-4-15-6-7-27-12-21(15)29-23/h4-8,10-12,14,17,20H,3,9H2,1-2H3,(H,30,33)/t14-,17+,20-/m1/s1. The lowest BCUT2D eigenvalue weighted by Gasteiger charge is -2.22. The number of fused-ring (bicyclic) bond motifs is 2. The molecule has 0 unspecified atom stereocenters. The molecule has 1 saturated heterocycles. The fourth-order valence-corrected chi connectivity index (χ4v) is 4.81. The van der Waals surface area contributed by atoms with Crippen LogP contribution in [0.5, 0.6) is 0 Å². The number of rotatable bonds is 4. The number of carbonyl (C=O) groups is 1. The minimum Gasteiger partial charge on any atom is -0.347 e. The van der Waals surface area contributed by atoms with Gasteiger partial charge in [-0.3, -0.25) is 9.78 Å². The number of amides is 1. The first-order chi connectivity index (χ1) is 16.0. The molecule has 0 saturated carbocycles. The van der Waals surface area contributed by atoms with Gasteiger partial charge in [-0.15, -0.1) is 0 Å². The van der Waals surface area contributed by atoms with Crippen LogP contribution in [0.25, 0.3) is 27.6 Å². The average Bonchev–Trinajstić information content (AvgIpc) is 3.37. The number of hydrogen-bond donors (Lipinski definition) is 1. The number of nitrogens with one attached hydrogen (secondary N) is 1. The molecule has 1 amide bonds. The second kappa shape index (κ2) is 8.34. The molecule has 9 heteroatoms. The van der Waals surface area contributed by atoms with Crippen molar-refractivity contribution >= 4 is 39.3 Å². The number of aromatic nitrogens is 4. The summed E-state index contributed by atoms with van der Waals surface area (Å²) >= 11 is 6.55. The number of benzene rings is 1. The Morgan fingerprint density at radius 2 is 2.12 bits per heavy atom. The van der Waals surface area contributed by atoms with Gasteiger partial charge in [-0.2, -0.15) is 10.4 Å². The highest BCUT2D eigenvalue weighted by molar-refractivity contribution is 6.34. The van der Waals surface area contributed by atoms with E-state index < -0.39 is 0 Å². The molecule has 1 N–H and O–H groups in total. The number of pyridine rings is 2. The van der Waals surface area contributed by atoms with E-state index in [9.17, 15) is 10.1 Å². The fourth-order valence-electron chi connectivity index (χ4n) is 4.57. The molecule has 0 spiro atoms. The Balaban J connectivity index is 1.44. The average molecular weight is 460 g/mol. The molecule has 3 atom stereocenters. The maximum Gasteiger partial charge on any atom is 0.253 e. The predicted octanol–water partition coefficient (Wildman–Crippen LogP) is 4.07. The number of nitrogens with zero attached hydrogens (tertiary/aromatic N) is 6. The summed E-state index contributed by atoms with van der Waals surface area (Å²) in [6.45, 7) is 4.01. The van der Waals surface area contributed by atoms with Crippen LogP contribution >= 0.6 is 11.6 Å². The highest BCUT2D eigenvalue weighted by Crippen LogP contribution is 2.29. The van der Waals surface area contributed by atoms with Crippen LogP contribution in [0.4, 0.5) is 0 Å². The molecule has 0 bridgehead atoms. The van der Waals surface area contributed by atoms with Gasteiger partial charge in [0.2, 0.25) is 0 Å². The van der Waals surface area contributed by atoms with E-state index in [1.807, 2.05) is 25.1 Å². The van der Waals surface area contributed by atoms with Gasteiger partial charge in [0.15, 0.2) is 12.0 Å². The van der Waals surface area contributed by atoms with Crippen LogP contribution < -0.4 is 5.32 Å². The highest BCUT2D eigenvalue weighted by Gasteiger charge is 2.38. The normalized spacial score (nSPS) is 20.3. The lowest BCUT2D eigenvalue weighted by atomic mass is 10.1. The van der Waals surface area contributed by atoms with Crippen LogP contribution in [-0.4, -0.2) is 48.7 Å². The monoisotopic (exact) mass is 459 g/mol. The predicted molar refractivity (Wildman–Crippen MR) is 126 cm³/mol. The quantitative estimate of drug-likeness (QED) is 0.462. The summed E-state index contributed by atoms with van der Waals surface area (Å²) in [6, 6.07) is 9.19. The Labute approximate surface area is 195 Å². The summed E-state index contributed by atoms with van der Waals surface area (Å²) in [4.78, 5) is 23.6. The highest BCUT2D eigenvalue weighted by atomic mass is 35.5. The Morgan fingerprint density at radius 3 is 2.88 bits per heavy atom. The molecule has 166 valence electrons. The number of likely N-dealkylation sites (tertiary alicyclic amines) is 1. The van der Waals surface area contributed by atoms with Gasteiger partial charge in [-0.05, 0) is 50.1 Å². The summed E-state index contributed by atoms with van der Waals surface area (Å²) in [5.41, 5.74) is 1.90. The van der Waals surface area contributed by atoms with E-state index in [2.05, 4.69) is 33.5 Å². The van der Waals surface area contributed by atoms with Gasteiger partial charge < -0.3 is 10.2 Å². The number of halogens is 1. The van der Waals surface area contributed by atoms with Crippen molar-refractivity contribution in [1.29, 1.82) is 5.26 Å². The second-order valence-corrected chi connectivity index (χ2v) is 8.72. The third kappa shape index (κ3) is 3.64. The van der Waals surface area contributed by atoms with Gasteiger partial charge in [-0.1, -0.05) is 18.5 Å². The lowest BCUT2D eigenvalue weighted by Crippen LogP contribution is -2.42. The molecule has 1 aliphatic rings. The van der Waals surface area contributed by atoms with E-state index in [0.717, 1.165) is 34.6 Å². The fraction of sp³-hybridized carbons (Fsp3) is 0.292. The van der Waals surface area contributed by atoms with Crippen molar-refractivity contribution in [2.45, 2.75) is 44.8 Å². The SMILES string of the molecule is CC[C@H]1C[C@@H](NC(=O)c2cc3cnn(-c4ccc5ccncc5n4)c3cc2Cl)[C@@H](C)N1C#N. The first-order valence-corrected chi connectivity index (χ1v) is 11.2. The topological polar surface area (TPSA) is 99.7 Å². The van der Waals surface area contributed by atoms with E-state index in [1.165, 1.54) is 0 Å². The molecule has 1 fully saturated rings. The minimum absolute atomic E-state index is 0.0670. The lowest BCUT2D eigenvalue weighted by molar-refractivity contribution is 0.0931. The van der Waals surface area contributed by atoms with E-state index in [4.69, 9.17) is 11.6 Å². The Bertz CT molecular complexity index is 1410. The molecular formula is C24H22ClN7O. The summed E-state index contributed by atoms with van der Waals surface area (Å²) < 4.78 is 1.70. The van der Waals surface area contributed by atoms with Crippen LogP contribution in [0.1, 0.15) is 37.0 Å². The Kier molecular flexibility index (Phi) is 5.35. The molecule has 0 radical (unpaired) electrons. The molecule has 0 aliphatic carbocycles. The molecular weight excluding hydrogens is 438 g/mol. The van der Waals surface area contributed by atoms with Crippen molar-refractivity contribution in [2.24, 2.45) is 0 Å². The molecule has 4 aromatic rings. The van der Waals surface area contributed by atoms with Crippen molar-refractivity contribution in [1.82, 2.24) is 30.0 Å². The number of carbonyl (C=O) groups excluding carboxylic acids is 1. The zero-order chi connectivity index (χ0) is 23.1. The smallest absolute Gasteiger partial charge is 0.253 e. The van der Waals surface area contributed by atoms with Crippen molar-refractivity contribution in [3.63, 3.8) is 0 Å². The van der Waals surface area contributed by atoms with Crippen molar-refractivity contribution in [3.05, 3.63) is 59.5 Å². The number of nitriles is 1. The van der Waals surface area contributed by atoms with Gasteiger partial charge in [-0.25, -0.2) is 9.67 Å². The van der Waals surface area contributed by atoms with Crippen LogP contribution in [0.2, 0.25) is 5.02 Å². The van der Waals surface area contributed by atoms with Crippen LogP contribution in [0.3, 0.4) is 0 Å². The molecule has 1 aliphatic heterocycles. The van der Waals surface area contributed by atoms with E-state index >= 15 is 0 Å². The third-order valence-corrected chi connectivity index (χ3v) is 6.75. The molecule has 33 heavy (non-hydrogen) atoms. The third-order valence-electron chi connectivity index (χ3n) is 6.44. The Morgan fingerprint density at radius 1 is 1.27 bits per heavy atom. The Hall–Kier alpha value is -3.70. The summed E-state index contributed by atoms with van der Waals surface area (Å²) in [5, 5.41) is 19.1. The van der Waals surface area contributed by atoms with E-state index in [0.29, 0.717) is 16.4 Å². The maximum atomic E-state index is 13.1. The minimum atomic E-state index is -0.254. The van der Waals surface area contributed by atoms with Gasteiger partial charge in [0.25, 0.3) is 5.91 Å². The maximum absolute atomic E-state index is 13.1. The van der Waals surface area contributed by atoms with Crippen molar-refractivity contribution in [3.8, 4) is 12.0 Å². The molecule has 8 nitrogen and oxygen atoms in total. The van der Waals surface area contributed by atoms with Crippen LogP contribution in [0, 0.1) is 11.5 Å². The van der Waals surface area contributed by atoms with E-state index in [1.54, 1.807) is 40.3 Å². The first-order valence-electron chi connectivity index (χ1n) is 10.9. The molecule has 3 aromatic heterocycles. The second-order valence-electron chi connectivity index (χ2n) is 8.31. The largest absolute Gasteiger partial charge is 0.347 e. The van der Waals surface area contributed by atoms with Gasteiger partial charge >= 0.3 is 0 Å². The van der Waals surface area contributed by atoms with Crippen LogP contribution in [-0.2, 0) is 0 Å². The van der Waals surface area contributed by atoms with Gasteiger partial charge in [0.05, 0.1) is 46.1 Å². The number of hydrogen-bond acceptors (Lipinski definition) is 6. The molecule has 5 rings (SSSR count). The van der Waals surface area contributed by atoms with Gasteiger partial charge in [0.1, 0.15) is 0 Å². The van der Waals surface area contributed by atoms with Gasteiger partial charge in [0, 0.05) is 23.0 Å². The molecule has 4 heterocycles. The molecule has 1 aromatic carbocycles. The summed E-state index contributed by atoms with van der Waals surface area (Å²) in [5.74, 6) is 0.386. The summed E-state index contributed by atoms with van der Waals surface area (Å²) in [6.07, 6.45) is 8.98. The van der Waals surface area contributed by atoms with Crippen molar-refractivity contribution in [2.75, 3.05) is 0 Å². The van der Waals surface area contributed by atoms with Crippen molar-refractivity contribution < 1.29 is 4.79 Å².